The molecule has 5 nitrogen and oxygen atoms in total. The van der Waals surface area contributed by atoms with Gasteiger partial charge < -0.3 is 15.3 Å². The summed E-state index contributed by atoms with van der Waals surface area (Å²) in [7, 11) is 2.02. The Kier molecular flexibility index (Phi) is 5.17. The van der Waals surface area contributed by atoms with Crippen molar-refractivity contribution in [2.45, 2.75) is 58.1 Å². The summed E-state index contributed by atoms with van der Waals surface area (Å²) in [6, 6.07) is 2.14. The molecule has 0 radical (unpaired) electrons. The molecule has 112 valence electrons. The van der Waals surface area contributed by atoms with Crippen molar-refractivity contribution in [1.29, 1.82) is 0 Å². The molecular formula is C15H26N4O. The van der Waals surface area contributed by atoms with E-state index in [1.54, 1.807) is 0 Å². The number of aryl methyl sites for hydroxylation is 1. The molecule has 0 saturated heterocycles. The molecule has 0 aromatic carbocycles. The Hall–Kier alpha value is -1.36. The maximum absolute atomic E-state index is 10.2. The molecule has 2 rings (SSSR count). The minimum atomic E-state index is -0.254. The third-order valence-electron chi connectivity index (χ3n) is 3.93. The topological polar surface area (TPSA) is 61.3 Å². The van der Waals surface area contributed by atoms with E-state index >= 15 is 0 Å². The molecule has 0 bridgehead atoms. The number of hydrogen-bond acceptors (Lipinski definition) is 5. The molecule has 5 heteroatoms. The number of likely N-dealkylation sites (N-methyl/N-ethyl adjacent to an activating group) is 1. The lowest BCUT2D eigenvalue weighted by molar-refractivity contribution is 0.106. The highest BCUT2D eigenvalue weighted by atomic mass is 16.3. The molecule has 1 fully saturated rings. The molecule has 1 aromatic heterocycles. The quantitative estimate of drug-likeness (QED) is 0.865. The van der Waals surface area contributed by atoms with Crippen LogP contribution in [0.1, 0.15) is 44.9 Å². The van der Waals surface area contributed by atoms with Gasteiger partial charge in [0.1, 0.15) is 17.5 Å². The van der Waals surface area contributed by atoms with Gasteiger partial charge in [0.15, 0.2) is 0 Å². The van der Waals surface area contributed by atoms with E-state index in [1.807, 2.05) is 20.0 Å². The van der Waals surface area contributed by atoms with E-state index in [9.17, 15) is 5.11 Å². The van der Waals surface area contributed by atoms with E-state index in [0.717, 1.165) is 49.7 Å². The van der Waals surface area contributed by atoms with Crippen molar-refractivity contribution >= 4 is 11.6 Å². The molecule has 1 aromatic rings. The Morgan fingerprint density at radius 2 is 2.10 bits per heavy atom. The van der Waals surface area contributed by atoms with Crippen LogP contribution in [0.3, 0.4) is 0 Å². The summed E-state index contributed by atoms with van der Waals surface area (Å²) in [5, 5.41) is 13.5. The van der Waals surface area contributed by atoms with Gasteiger partial charge in [0, 0.05) is 19.7 Å². The predicted octanol–water partition coefficient (Wildman–Crippen LogP) is 2.35. The van der Waals surface area contributed by atoms with E-state index in [4.69, 9.17) is 0 Å². The lowest BCUT2D eigenvalue weighted by Crippen LogP contribution is -2.43. The number of anilines is 2. The number of aromatic nitrogens is 2. The first kappa shape index (κ1) is 15.0. The van der Waals surface area contributed by atoms with E-state index in [0.29, 0.717) is 0 Å². The normalized spacial score (nSPS) is 22.6. The fourth-order valence-electron chi connectivity index (χ4n) is 2.79. The molecule has 20 heavy (non-hydrogen) atoms. The number of aliphatic hydroxyl groups excluding tert-OH is 1. The molecule has 2 atom stereocenters. The maximum atomic E-state index is 10.2. The van der Waals surface area contributed by atoms with Gasteiger partial charge in [-0.05, 0) is 26.2 Å². The zero-order valence-corrected chi connectivity index (χ0v) is 12.8. The summed E-state index contributed by atoms with van der Waals surface area (Å²) in [4.78, 5) is 11.0. The minimum absolute atomic E-state index is 0.164. The largest absolute Gasteiger partial charge is 0.391 e. The summed E-state index contributed by atoms with van der Waals surface area (Å²) < 4.78 is 0. The van der Waals surface area contributed by atoms with Crippen LogP contribution in [0.2, 0.25) is 0 Å². The van der Waals surface area contributed by atoms with Crippen molar-refractivity contribution < 1.29 is 5.11 Å². The van der Waals surface area contributed by atoms with E-state index in [-0.39, 0.29) is 12.1 Å². The summed E-state index contributed by atoms with van der Waals surface area (Å²) >= 11 is 0. The van der Waals surface area contributed by atoms with Crippen LogP contribution in [0, 0.1) is 6.92 Å². The molecule has 0 spiro atoms. The van der Waals surface area contributed by atoms with Gasteiger partial charge >= 0.3 is 0 Å². The molecule has 1 heterocycles. The Morgan fingerprint density at radius 1 is 1.35 bits per heavy atom. The second kappa shape index (κ2) is 6.88. The van der Waals surface area contributed by atoms with Crippen molar-refractivity contribution in [3.63, 3.8) is 0 Å². The summed E-state index contributed by atoms with van der Waals surface area (Å²) in [6.45, 7) is 4.95. The van der Waals surface area contributed by atoms with Gasteiger partial charge in [-0.1, -0.05) is 19.8 Å². The number of nitrogens with zero attached hydrogens (tertiary/aromatic N) is 3. The fourth-order valence-corrected chi connectivity index (χ4v) is 2.79. The second-order valence-corrected chi connectivity index (χ2v) is 5.62. The van der Waals surface area contributed by atoms with Crippen molar-refractivity contribution in [2.75, 3.05) is 23.8 Å². The summed E-state index contributed by atoms with van der Waals surface area (Å²) in [6.07, 6.45) is 5.03. The monoisotopic (exact) mass is 278 g/mol. The van der Waals surface area contributed by atoms with Crippen molar-refractivity contribution in [1.82, 2.24) is 9.97 Å². The average Bonchev–Trinajstić information content (AvgIpc) is 2.44. The molecule has 1 saturated carbocycles. The Bertz CT molecular complexity index is 438. The first-order valence-corrected chi connectivity index (χ1v) is 7.62. The van der Waals surface area contributed by atoms with Crippen molar-refractivity contribution in [3.05, 3.63) is 11.9 Å². The number of aliphatic hydroxyl groups is 1. The first-order valence-electron chi connectivity index (χ1n) is 7.62. The number of hydrogen-bond donors (Lipinski definition) is 2. The fraction of sp³-hybridized carbons (Fsp3) is 0.733. The minimum Gasteiger partial charge on any atom is -0.391 e. The summed E-state index contributed by atoms with van der Waals surface area (Å²) in [5.74, 6) is 2.52. The van der Waals surface area contributed by atoms with Crippen molar-refractivity contribution in [3.8, 4) is 0 Å². The molecule has 0 aliphatic heterocycles. The Labute approximate surface area is 121 Å². The van der Waals surface area contributed by atoms with Gasteiger partial charge in [0.05, 0.1) is 12.1 Å². The lowest BCUT2D eigenvalue weighted by Gasteiger charge is -2.36. The number of nitrogens with one attached hydrogen (secondary N) is 1. The average molecular weight is 278 g/mol. The maximum Gasteiger partial charge on any atom is 0.134 e. The molecular weight excluding hydrogens is 252 g/mol. The van der Waals surface area contributed by atoms with Gasteiger partial charge in [-0.25, -0.2) is 9.97 Å². The Balaban J connectivity index is 2.15. The standard InChI is InChI=1S/C15H26N4O/c1-4-9-16-14-10-15(18-11(2)17-14)19(3)12-7-5-6-8-13(12)20/h10,12-13,20H,4-9H2,1-3H3,(H,16,17,18). The SMILES string of the molecule is CCCNc1cc(N(C)C2CCCCC2O)nc(C)n1. The van der Waals surface area contributed by atoms with E-state index in [2.05, 4.69) is 27.1 Å². The smallest absolute Gasteiger partial charge is 0.134 e. The number of rotatable bonds is 5. The van der Waals surface area contributed by atoms with Crippen molar-refractivity contribution in [2.24, 2.45) is 0 Å². The van der Waals surface area contributed by atoms with Crippen LogP contribution in [0.4, 0.5) is 11.6 Å². The first-order chi connectivity index (χ1) is 9.61. The highest BCUT2D eigenvalue weighted by Gasteiger charge is 2.27. The zero-order chi connectivity index (χ0) is 14.5. The van der Waals surface area contributed by atoms with E-state index < -0.39 is 0 Å². The van der Waals surface area contributed by atoms with Gasteiger partial charge in [0.2, 0.25) is 0 Å². The van der Waals surface area contributed by atoms with Crippen LogP contribution < -0.4 is 10.2 Å². The van der Waals surface area contributed by atoms with Crippen LogP contribution in [0.15, 0.2) is 6.07 Å². The molecule has 1 aliphatic carbocycles. The van der Waals surface area contributed by atoms with Crippen LogP contribution in [0.25, 0.3) is 0 Å². The van der Waals surface area contributed by atoms with E-state index in [1.165, 1.54) is 6.42 Å². The van der Waals surface area contributed by atoms with Crippen LogP contribution in [0.5, 0.6) is 0 Å². The van der Waals surface area contributed by atoms with Gasteiger partial charge in [0.25, 0.3) is 0 Å². The predicted molar refractivity (Wildman–Crippen MR) is 82.2 cm³/mol. The summed E-state index contributed by atoms with van der Waals surface area (Å²) in [5.41, 5.74) is 0. The van der Waals surface area contributed by atoms with Gasteiger partial charge in [-0.15, -0.1) is 0 Å². The van der Waals surface area contributed by atoms with Crippen LogP contribution in [-0.4, -0.2) is 40.8 Å². The molecule has 0 amide bonds. The van der Waals surface area contributed by atoms with Gasteiger partial charge in [-0.2, -0.15) is 0 Å². The highest BCUT2D eigenvalue weighted by molar-refractivity contribution is 5.49. The van der Waals surface area contributed by atoms with Crippen LogP contribution >= 0.6 is 0 Å². The highest BCUT2D eigenvalue weighted by Crippen LogP contribution is 2.26. The zero-order valence-electron chi connectivity index (χ0n) is 12.8. The molecule has 1 aliphatic rings. The molecule has 2 unspecified atom stereocenters. The Morgan fingerprint density at radius 3 is 2.80 bits per heavy atom. The third kappa shape index (κ3) is 3.60. The third-order valence-corrected chi connectivity index (χ3v) is 3.93. The second-order valence-electron chi connectivity index (χ2n) is 5.62. The molecule has 2 N–H and O–H groups in total. The van der Waals surface area contributed by atoms with Crippen LogP contribution in [-0.2, 0) is 0 Å². The van der Waals surface area contributed by atoms with Gasteiger partial charge in [-0.3, -0.25) is 0 Å². The lowest BCUT2D eigenvalue weighted by atomic mass is 9.91.